The van der Waals surface area contributed by atoms with Gasteiger partial charge in [0.15, 0.2) is 23.1 Å². The van der Waals surface area contributed by atoms with E-state index in [4.69, 9.17) is 0 Å². The van der Waals surface area contributed by atoms with Crippen LogP contribution in [0.4, 0.5) is 45.5 Å². The minimum Gasteiger partial charge on any atom is -0.385 e. The van der Waals surface area contributed by atoms with Crippen LogP contribution in [0.3, 0.4) is 0 Å². The number of nitrogens with zero attached hydrogens (tertiary/aromatic N) is 10. The molecule has 0 aliphatic carbocycles. The first-order valence-corrected chi connectivity index (χ1v) is 53.9. The van der Waals surface area contributed by atoms with E-state index in [0.717, 1.165) is 225 Å². The summed E-state index contributed by atoms with van der Waals surface area (Å²) in [6.45, 7) is 67.5. The zero-order valence-corrected chi connectivity index (χ0v) is 94.0. The number of para-hydroxylation sites is 2. The lowest BCUT2D eigenvalue weighted by atomic mass is 9.75. The minimum atomic E-state index is -0.269. The van der Waals surface area contributed by atoms with Crippen LogP contribution >= 0.6 is 0 Å². The quantitative estimate of drug-likeness (QED) is 0.0236. The van der Waals surface area contributed by atoms with Crippen LogP contribution in [-0.2, 0) is 14.4 Å². The lowest BCUT2D eigenvalue weighted by molar-refractivity contribution is -0.117. The molecule has 0 aromatic heterocycles. The van der Waals surface area contributed by atoms with Crippen molar-refractivity contribution in [1.29, 1.82) is 0 Å². The van der Waals surface area contributed by atoms with Gasteiger partial charge in [-0.1, -0.05) is 205 Å². The van der Waals surface area contributed by atoms with Gasteiger partial charge in [0, 0.05) is 236 Å². The second-order valence-electron chi connectivity index (χ2n) is 48.3. The molecule has 0 saturated carbocycles. The summed E-state index contributed by atoms with van der Waals surface area (Å²) in [5, 5.41) is 3.40. The van der Waals surface area contributed by atoms with Crippen molar-refractivity contribution in [2.24, 2.45) is 32.5 Å². The van der Waals surface area contributed by atoms with Crippen LogP contribution in [0.1, 0.15) is 290 Å². The van der Waals surface area contributed by atoms with Crippen LogP contribution in [0.25, 0.3) is 0 Å². The Labute approximate surface area is 879 Å². The third-order valence-electron chi connectivity index (χ3n) is 30.8. The van der Waals surface area contributed by atoms with Gasteiger partial charge >= 0.3 is 0 Å². The Bertz CT molecular complexity index is 5670. The highest BCUT2D eigenvalue weighted by atomic mass is 16.2. The highest BCUT2D eigenvalue weighted by Gasteiger charge is 2.43. The zero-order chi connectivity index (χ0) is 107. The van der Waals surface area contributed by atoms with Gasteiger partial charge in [0.25, 0.3) is 11.8 Å². The fourth-order valence-electron chi connectivity index (χ4n) is 19.7. The SMILES string of the molecule is C=CC(=O)C1=CN(c2ccc(C)cc2)CCC1(C)C.CCCCNc1ccc(C(=O)C2=CN(C(C)(C)C)CCC2(C)C)cc1.CN(CCCCCCN(C)c1ccc(C(=O)C2=CN(C(C)(C)C)CCC2(C)C)cc1)c1ccc(C(=O)C2=CN(C(C)(C)C)CCC2(C)C)cc1.Cc1ccc(N2C=C(C(=O)N(CCCCN(C(=O)C3=CN(c4ccc(C)cc4)CCC3(C)C)c3ccccc3)c3ccccc3)C(C)(C)CC2)cc1. The number of unbranched alkanes of at least 4 members (excludes halogenated alkanes) is 5. The molecule has 0 radical (unpaired) electrons. The number of Topliss-reactive ketones (excluding diaryl/α,β-unsaturated/α-hetero) is 3. The number of hydrogen-bond donors (Lipinski definition) is 1. The van der Waals surface area contributed by atoms with Gasteiger partial charge in [-0.15, -0.1) is 0 Å². The monoisotopic (exact) mass is 1970 g/mol. The minimum absolute atomic E-state index is 0.000267. The number of allylic oxidation sites excluding steroid dienone is 5. The van der Waals surface area contributed by atoms with E-state index in [9.17, 15) is 28.8 Å². The van der Waals surface area contributed by atoms with Gasteiger partial charge in [-0.05, 0) is 326 Å². The Balaban J connectivity index is 0.000000199. The fraction of sp³-hybridized carbons (Fsp3) is 0.473. The van der Waals surface area contributed by atoms with Gasteiger partial charge in [-0.2, -0.15) is 0 Å². The molecule has 0 spiro atoms. The van der Waals surface area contributed by atoms with Crippen LogP contribution in [0.15, 0.2) is 290 Å². The number of ketones is 4. The van der Waals surface area contributed by atoms with Crippen LogP contribution in [0, 0.1) is 53.3 Å². The molecule has 0 bridgehead atoms. The third kappa shape index (κ3) is 30.3. The van der Waals surface area contributed by atoms with Crippen molar-refractivity contribution in [3.8, 4) is 0 Å². The molecule has 8 aromatic carbocycles. The van der Waals surface area contributed by atoms with Gasteiger partial charge in [0.2, 0.25) is 0 Å². The van der Waals surface area contributed by atoms with E-state index in [-0.39, 0.29) is 84.1 Å². The Morgan fingerprint density at radius 3 is 0.890 bits per heavy atom. The largest absolute Gasteiger partial charge is 0.385 e. The maximum Gasteiger partial charge on any atom is 0.256 e. The molecule has 1 N–H and O–H groups in total. The number of carbonyl (C=O) groups is 6. The molecule has 782 valence electrons. The topological polar surface area (TPSA) is 147 Å². The number of benzene rings is 8. The Morgan fingerprint density at radius 2 is 0.596 bits per heavy atom. The number of aryl methyl sites for hydroxylation is 3. The molecule has 6 aliphatic rings. The standard InChI is InChI=1S/C46H54N4O2.C44H66N4O2.C22H34N2O.C17H21NO/c1-35-19-23-37(24-20-35)47-31-27-45(3,4)41(33-47)43(51)49(39-15-9-7-10-16-39)29-13-14-30-50(40-17-11-8-12-18-40)44(52)42-34-48(32-28-46(42,5)6)38-25-21-36(2)22-26-38;1-41(2,3)47-29-25-43(7,8)37(31-47)39(49)33-17-21-35(22-18-33)45(11)27-15-13-14-16-28-46(12)36-23-19-34(20-24-36)40(50)38-32-48(42(4,5)6)30-26-44(38,9)10;1-7-8-14-23-18-11-9-17(10-12-18)20(25)19-16-24(21(2,3)4)15-13-22(19,5)6;1-5-16(19)15-12-18(11-10-17(15,3)4)14-8-6-13(2)7-9-14/h7-12,15-26,33-34H,13-14,27-32H2,1-6H3;17-24,31-32H,13-16,25-30H2,1-12H3;9-12,16,23H,7-8,13-15H2,1-6H3;5-9,12H,1,10-11H2,2-4H3. The Morgan fingerprint density at radius 1 is 0.322 bits per heavy atom. The molecule has 0 unspecified atom stereocenters. The summed E-state index contributed by atoms with van der Waals surface area (Å²) in [6.07, 6.45) is 27.9. The molecule has 8 aromatic rings. The number of nitrogens with one attached hydrogen (secondary N) is 1. The maximum absolute atomic E-state index is 14.6. The Kier molecular flexibility index (Phi) is 38.3. The number of rotatable bonds is 33. The average molecular weight is 1980 g/mol. The van der Waals surface area contributed by atoms with E-state index in [1.165, 1.54) is 42.0 Å². The normalized spacial score (nSPS) is 17.2. The molecular weight excluding hydrogens is 1800 g/mol. The highest BCUT2D eigenvalue weighted by Crippen LogP contribution is 2.46. The van der Waals surface area contributed by atoms with Crippen LogP contribution in [-0.4, -0.2) is 152 Å². The molecule has 0 atom stereocenters. The van der Waals surface area contributed by atoms with Crippen molar-refractivity contribution < 1.29 is 28.8 Å². The van der Waals surface area contributed by atoms with Gasteiger partial charge in [-0.3, -0.25) is 28.8 Å². The van der Waals surface area contributed by atoms with Crippen molar-refractivity contribution >= 4 is 80.4 Å². The molecule has 6 heterocycles. The van der Waals surface area contributed by atoms with Crippen molar-refractivity contribution in [3.05, 3.63) is 323 Å². The van der Waals surface area contributed by atoms with E-state index in [2.05, 4.69) is 366 Å². The van der Waals surface area contributed by atoms with Gasteiger partial charge in [0.1, 0.15) is 0 Å². The summed E-state index contributed by atoms with van der Waals surface area (Å²) < 4.78 is 0. The zero-order valence-electron chi connectivity index (χ0n) is 94.0. The highest BCUT2D eigenvalue weighted by molar-refractivity contribution is 6.12. The molecule has 17 heteroatoms. The Hall–Kier alpha value is -12.2. The van der Waals surface area contributed by atoms with Crippen molar-refractivity contribution in [3.63, 3.8) is 0 Å². The first-order valence-electron chi connectivity index (χ1n) is 53.9. The van der Waals surface area contributed by atoms with E-state index in [1.54, 1.807) is 0 Å². The second kappa shape index (κ2) is 49.1. The number of carbonyl (C=O) groups excluding carboxylic acids is 6. The molecule has 2 amide bonds. The van der Waals surface area contributed by atoms with E-state index < -0.39 is 0 Å². The van der Waals surface area contributed by atoms with Crippen LogP contribution in [0.2, 0.25) is 0 Å². The molecule has 146 heavy (non-hydrogen) atoms. The number of hydrogen-bond acceptors (Lipinski definition) is 15. The molecular formula is C129H175N11O6. The second-order valence-corrected chi connectivity index (χ2v) is 48.3. The maximum atomic E-state index is 14.6. The molecule has 6 aliphatic heterocycles. The first-order chi connectivity index (χ1) is 68.7. The number of anilines is 8. The van der Waals surface area contributed by atoms with Crippen LogP contribution < -0.4 is 39.6 Å². The lowest BCUT2D eigenvalue weighted by Crippen LogP contribution is -2.44. The van der Waals surface area contributed by atoms with Gasteiger partial charge in [-0.25, -0.2) is 0 Å². The smallest absolute Gasteiger partial charge is 0.256 e. The first kappa shape index (κ1) is 114. The van der Waals surface area contributed by atoms with E-state index in [1.807, 2.05) is 125 Å². The summed E-state index contributed by atoms with van der Waals surface area (Å²) >= 11 is 0. The van der Waals surface area contributed by atoms with Gasteiger partial charge < -0.3 is 54.3 Å². The predicted molar refractivity (Wildman–Crippen MR) is 617 cm³/mol. The van der Waals surface area contributed by atoms with Gasteiger partial charge in [0.05, 0.1) is 0 Å². The van der Waals surface area contributed by atoms with Crippen LogP contribution in [0.5, 0.6) is 0 Å². The molecule has 0 saturated heterocycles. The fourth-order valence-corrected chi connectivity index (χ4v) is 19.7. The summed E-state index contributed by atoms with van der Waals surface area (Å²) in [6, 6.07) is 69.7. The molecule has 14 rings (SSSR count). The van der Waals surface area contributed by atoms with E-state index in [0.29, 0.717) is 13.1 Å². The number of amides is 2. The summed E-state index contributed by atoms with van der Waals surface area (Å²) in [5.41, 5.74) is 18.7. The summed E-state index contributed by atoms with van der Waals surface area (Å²) in [4.78, 5) is 104. The summed E-state index contributed by atoms with van der Waals surface area (Å²) in [7, 11) is 4.28. The van der Waals surface area contributed by atoms with Crippen molar-refractivity contribution in [1.82, 2.24) is 14.7 Å². The third-order valence-corrected chi connectivity index (χ3v) is 30.8. The lowest BCUT2D eigenvalue weighted by Gasteiger charge is -2.43. The molecule has 17 nitrogen and oxygen atoms in total. The van der Waals surface area contributed by atoms with E-state index >= 15 is 0 Å². The predicted octanol–water partition coefficient (Wildman–Crippen LogP) is 29.5. The summed E-state index contributed by atoms with van der Waals surface area (Å²) in [5.74, 6) is 0.534. The molecule has 0 fully saturated rings. The van der Waals surface area contributed by atoms with Crippen molar-refractivity contribution in [2.75, 3.05) is 126 Å². The van der Waals surface area contributed by atoms with Crippen molar-refractivity contribution in [2.45, 2.75) is 280 Å². The average Bonchev–Trinajstić information content (AvgIpc) is 0.803.